The van der Waals surface area contributed by atoms with Gasteiger partial charge in [-0.2, -0.15) is 0 Å². The van der Waals surface area contributed by atoms with Crippen LogP contribution in [0, 0.1) is 0 Å². The minimum absolute atomic E-state index is 0.0479. The summed E-state index contributed by atoms with van der Waals surface area (Å²) in [6.45, 7) is 0.424. The molecule has 0 atom stereocenters. The highest BCUT2D eigenvalue weighted by atomic mass is 16.5. The molecule has 0 aliphatic heterocycles. The molecule has 1 heterocycles. The highest BCUT2D eigenvalue weighted by Gasteiger charge is 2.09. The molecule has 0 aliphatic rings. The van der Waals surface area contributed by atoms with Crippen molar-refractivity contribution in [2.45, 2.75) is 0 Å². The van der Waals surface area contributed by atoms with Gasteiger partial charge < -0.3 is 20.5 Å². The van der Waals surface area contributed by atoms with E-state index in [2.05, 4.69) is 24.8 Å². The van der Waals surface area contributed by atoms with Crippen LogP contribution in [0.4, 0.5) is 10.6 Å². The molecule has 0 radical (unpaired) electrons. The standard InChI is InChI=1S/C9H12N4O4/c1-16-8(14)7-12-3-2-6(13-7)11-4-5-17-9(10)15/h2-3H,4-5H2,1H3,(H2,10,15)(H,11,12,13). The predicted octanol–water partition coefficient (Wildman–Crippen LogP) is -0.230. The van der Waals surface area contributed by atoms with E-state index in [1.165, 1.54) is 13.3 Å². The van der Waals surface area contributed by atoms with E-state index in [-0.39, 0.29) is 12.4 Å². The molecule has 1 rings (SSSR count). The van der Waals surface area contributed by atoms with Crippen LogP contribution >= 0.6 is 0 Å². The van der Waals surface area contributed by atoms with Crippen LogP contribution in [0.15, 0.2) is 12.3 Å². The van der Waals surface area contributed by atoms with Crippen molar-refractivity contribution >= 4 is 17.9 Å². The number of hydrogen-bond acceptors (Lipinski definition) is 7. The molecule has 0 spiro atoms. The molecule has 0 fully saturated rings. The van der Waals surface area contributed by atoms with E-state index < -0.39 is 12.1 Å². The Balaban J connectivity index is 2.48. The Morgan fingerprint density at radius 2 is 2.29 bits per heavy atom. The van der Waals surface area contributed by atoms with E-state index in [9.17, 15) is 9.59 Å². The second kappa shape index (κ2) is 6.26. The molecule has 1 aromatic heterocycles. The van der Waals surface area contributed by atoms with Crippen LogP contribution in [-0.2, 0) is 9.47 Å². The van der Waals surface area contributed by atoms with Crippen LogP contribution in [0.1, 0.15) is 10.6 Å². The normalized spacial score (nSPS) is 9.47. The number of rotatable bonds is 5. The van der Waals surface area contributed by atoms with Crippen LogP contribution in [0.25, 0.3) is 0 Å². The van der Waals surface area contributed by atoms with Gasteiger partial charge in [0.15, 0.2) is 0 Å². The number of methoxy groups -OCH3 is 1. The molecular formula is C9H12N4O4. The van der Waals surface area contributed by atoms with E-state index in [4.69, 9.17) is 5.73 Å². The number of carbonyl (C=O) groups is 2. The maximum absolute atomic E-state index is 11.1. The molecule has 8 heteroatoms. The summed E-state index contributed by atoms with van der Waals surface area (Å²) in [6, 6.07) is 1.57. The van der Waals surface area contributed by atoms with Crippen LogP contribution < -0.4 is 11.1 Å². The van der Waals surface area contributed by atoms with Crippen LogP contribution in [0.3, 0.4) is 0 Å². The zero-order valence-corrected chi connectivity index (χ0v) is 9.17. The van der Waals surface area contributed by atoms with E-state index in [0.29, 0.717) is 12.4 Å². The number of hydrogen-bond donors (Lipinski definition) is 2. The molecule has 1 aromatic rings. The number of nitrogens with two attached hydrogens (primary N) is 1. The lowest BCUT2D eigenvalue weighted by molar-refractivity contribution is 0.0587. The van der Waals surface area contributed by atoms with Crippen molar-refractivity contribution in [3.63, 3.8) is 0 Å². The number of aromatic nitrogens is 2. The van der Waals surface area contributed by atoms with Gasteiger partial charge in [-0.3, -0.25) is 0 Å². The highest BCUT2D eigenvalue weighted by molar-refractivity contribution is 5.85. The minimum Gasteiger partial charge on any atom is -0.463 e. The second-order valence-electron chi connectivity index (χ2n) is 2.85. The molecule has 0 aliphatic carbocycles. The number of ether oxygens (including phenoxy) is 2. The number of carbonyl (C=O) groups excluding carboxylic acids is 2. The first kappa shape index (κ1) is 12.7. The average Bonchev–Trinajstić information content (AvgIpc) is 2.34. The minimum atomic E-state index is -0.843. The largest absolute Gasteiger partial charge is 0.463 e. The van der Waals surface area contributed by atoms with Crippen molar-refractivity contribution in [2.75, 3.05) is 25.6 Å². The molecule has 0 saturated heterocycles. The van der Waals surface area contributed by atoms with Crippen LogP contribution in [0.5, 0.6) is 0 Å². The Morgan fingerprint density at radius 3 is 2.94 bits per heavy atom. The van der Waals surface area contributed by atoms with Crippen molar-refractivity contribution in [3.8, 4) is 0 Å². The number of nitrogens with one attached hydrogen (secondary N) is 1. The molecule has 8 nitrogen and oxygen atoms in total. The molecule has 0 bridgehead atoms. The summed E-state index contributed by atoms with van der Waals surface area (Å²) < 4.78 is 8.97. The van der Waals surface area contributed by atoms with Crippen molar-refractivity contribution in [1.29, 1.82) is 0 Å². The fourth-order valence-electron chi connectivity index (χ4n) is 0.978. The zero-order valence-electron chi connectivity index (χ0n) is 9.17. The molecule has 17 heavy (non-hydrogen) atoms. The van der Waals surface area contributed by atoms with Crippen molar-refractivity contribution < 1.29 is 19.1 Å². The summed E-state index contributed by atoms with van der Waals surface area (Å²) in [5.74, 6) is -0.246. The number of primary amides is 1. The maximum Gasteiger partial charge on any atom is 0.404 e. The van der Waals surface area contributed by atoms with Gasteiger partial charge in [0, 0.05) is 6.20 Å². The van der Waals surface area contributed by atoms with Crippen LogP contribution in [0.2, 0.25) is 0 Å². The molecule has 1 amide bonds. The van der Waals surface area contributed by atoms with Gasteiger partial charge in [-0.05, 0) is 6.07 Å². The maximum atomic E-state index is 11.1. The Bertz CT molecular complexity index is 410. The fourth-order valence-corrected chi connectivity index (χ4v) is 0.978. The summed E-state index contributed by atoms with van der Waals surface area (Å²) in [5, 5.41) is 2.83. The SMILES string of the molecule is COC(=O)c1nccc(NCCOC(N)=O)n1. The lowest BCUT2D eigenvalue weighted by atomic mass is 10.5. The molecule has 0 aromatic carbocycles. The third kappa shape index (κ3) is 4.33. The number of esters is 1. The fraction of sp³-hybridized carbons (Fsp3) is 0.333. The third-order valence-corrected chi connectivity index (χ3v) is 1.68. The number of anilines is 1. The monoisotopic (exact) mass is 240 g/mol. The molecule has 3 N–H and O–H groups in total. The second-order valence-corrected chi connectivity index (χ2v) is 2.85. The topological polar surface area (TPSA) is 116 Å². The highest BCUT2D eigenvalue weighted by Crippen LogP contribution is 2.02. The first-order chi connectivity index (χ1) is 8.13. The smallest absolute Gasteiger partial charge is 0.404 e. The summed E-state index contributed by atoms with van der Waals surface area (Å²) in [4.78, 5) is 29.0. The molecule has 0 unspecified atom stereocenters. The zero-order chi connectivity index (χ0) is 12.7. The van der Waals surface area contributed by atoms with Gasteiger partial charge in [0.25, 0.3) is 0 Å². The first-order valence-corrected chi connectivity index (χ1v) is 4.71. The number of nitrogens with zero attached hydrogens (tertiary/aromatic N) is 2. The van der Waals surface area contributed by atoms with Crippen molar-refractivity contribution in [1.82, 2.24) is 9.97 Å². The van der Waals surface area contributed by atoms with Gasteiger partial charge in [0.1, 0.15) is 12.4 Å². The van der Waals surface area contributed by atoms with Gasteiger partial charge >= 0.3 is 12.1 Å². The average molecular weight is 240 g/mol. The van der Waals surface area contributed by atoms with E-state index in [1.54, 1.807) is 6.07 Å². The van der Waals surface area contributed by atoms with E-state index in [1.807, 2.05) is 0 Å². The Labute approximate surface area is 97.1 Å². The van der Waals surface area contributed by atoms with Gasteiger partial charge in [0.2, 0.25) is 5.82 Å². The first-order valence-electron chi connectivity index (χ1n) is 4.71. The third-order valence-electron chi connectivity index (χ3n) is 1.68. The van der Waals surface area contributed by atoms with Gasteiger partial charge in [-0.1, -0.05) is 0 Å². The van der Waals surface area contributed by atoms with Gasteiger partial charge in [-0.25, -0.2) is 19.6 Å². The van der Waals surface area contributed by atoms with E-state index in [0.717, 1.165) is 0 Å². The van der Waals surface area contributed by atoms with Gasteiger partial charge in [0.05, 0.1) is 13.7 Å². The summed E-state index contributed by atoms with van der Waals surface area (Å²) in [7, 11) is 1.24. The summed E-state index contributed by atoms with van der Waals surface area (Å²) >= 11 is 0. The number of amides is 1. The van der Waals surface area contributed by atoms with E-state index >= 15 is 0 Å². The summed E-state index contributed by atoms with van der Waals surface area (Å²) in [6.07, 6.45) is 0.570. The van der Waals surface area contributed by atoms with Crippen molar-refractivity contribution in [2.24, 2.45) is 5.73 Å². The molecule has 92 valence electrons. The lowest BCUT2D eigenvalue weighted by Gasteiger charge is -2.05. The predicted molar refractivity (Wildman–Crippen MR) is 57.4 cm³/mol. The Kier molecular flexibility index (Phi) is 4.67. The van der Waals surface area contributed by atoms with Gasteiger partial charge in [-0.15, -0.1) is 0 Å². The Morgan fingerprint density at radius 1 is 1.53 bits per heavy atom. The van der Waals surface area contributed by atoms with Crippen LogP contribution in [-0.4, -0.2) is 42.3 Å². The van der Waals surface area contributed by atoms with Crippen molar-refractivity contribution in [3.05, 3.63) is 18.1 Å². The Hall–Kier alpha value is -2.38. The molecule has 0 saturated carbocycles. The quantitative estimate of drug-likeness (QED) is 0.539. The lowest BCUT2D eigenvalue weighted by Crippen LogP contribution is -2.19. The molecular weight excluding hydrogens is 228 g/mol. The summed E-state index contributed by atoms with van der Waals surface area (Å²) in [5.41, 5.74) is 4.78.